The van der Waals surface area contributed by atoms with Crippen LogP contribution in [0, 0.1) is 11.8 Å². The molecule has 1 aromatic heterocycles. The third kappa shape index (κ3) is 5.09. The standard InChI is InChI=1S/C23H23F3N4O2/c1-27-18-7-4-8-20-17(18)13-16(30(20)14-23(24,25)26)6-5-11-29-19-10-9-15(22(31)28-2)12-21(19)32-3/h4,7-10,12-13,27,29H,11,14H2,1-3H3,(H,28,31). The lowest BCUT2D eigenvalue weighted by Gasteiger charge is -2.11. The predicted octanol–water partition coefficient (Wildman–Crippen LogP) is 4.08. The SMILES string of the molecule is CNC(=O)c1ccc(NCC#Cc2cc3c(NC)cccc3n2CC(F)(F)F)c(OC)c1. The summed E-state index contributed by atoms with van der Waals surface area (Å²) in [5, 5.41) is 9.27. The first kappa shape index (κ1) is 22.9. The van der Waals surface area contributed by atoms with Gasteiger partial charge in [0.2, 0.25) is 0 Å². The third-order valence-electron chi connectivity index (χ3n) is 4.83. The minimum Gasteiger partial charge on any atom is -0.495 e. The molecule has 0 aliphatic carbocycles. The van der Waals surface area contributed by atoms with Gasteiger partial charge in [0, 0.05) is 30.7 Å². The van der Waals surface area contributed by atoms with E-state index >= 15 is 0 Å². The van der Waals surface area contributed by atoms with Crippen molar-refractivity contribution in [2.45, 2.75) is 12.7 Å². The zero-order chi connectivity index (χ0) is 23.3. The zero-order valence-corrected chi connectivity index (χ0v) is 17.9. The van der Waals surface area contributed by atoms with Crippen molar-refractivity contribution in [2.24, 2.45) is 0 Å². The van der Waals surface area contributed by atoms with Crippen LogP contribution in [0.3, 0.4) is 0 Å². The number of rotatable bonds is 6. The van der Waals surface area contributed by atoms with E-state index in [2.05, 4.69) is 27.8 Å². The molecule has 0 saturated heterocycles. The molecule has 0 fully saturated rings. The monoisotopic (exact) mass is 444 g/mol. The quantitative estimate of drug-likeness (QED) is 0.502. The maximum Gasteiger partial charge on any atom is 0.406 e. The summed E-state index contributed by atoms with van der Waals surface area (Å²) in [7, 11) is 4.73. The average molecular weight is 444 g/mol. The molecule has 6 nitrogen and oxygen atoms in total. The Hall–Kier alpha value is -3.80. The summed E-state index contributed by atoms with van der Waals surface area (Å²) >= 11 is 0. The molecule has 0 saturated carbocycles. The molecule has 0 bridgehead atoms. The number of hydrogen-bond donors (Lipinski definition) is 3. The summed E-state index contributed by atoms with van der Waals surface area (Å²) in [6, 6.07) is 11.7. The Bertz CT molecular complexity index is 1190. The maximum absolute atomic E-state index is 13.2. The molecule has 1 amide bonds. The number of nitrogens with zero attached hydrogens (tertiary/aromatic N) is 1. The molecule has 9 heteroatoms. The molecule has 1 heterocycles. The number of halogens is 3. The molecule has 0 aliphatic heterocycles. The Morgan fingerprint density at radius 3 is 2.56 bits per heavy atom. The van der Waals surface area contributed by atoms with Crippen molar-refractivity contribution >= 4 is 28.2 Å². The first-order valence-electron chi connectivity index (χ1n) is 9.77. The normalized spacial score (nSPS) is 10.9. The van der Waals surface area contributed by atoms with Crippen molar-refractivity contribution in [3.8, 4) is 17.6 Å². The maximum atomic E-state index is 13.2. The van der Waals surface area contributed by atoms with E-state index in [1.54, 1.807) is 49.5 Å². The summed E-state index contributed by atoms with van der Waals surface area (Å²) in [5.74, 6) is 5.92. The summed E-state index contributed by atoms with van der Waals surface area (Å²) in [4.78, 5) is 11.8. The molecule has 0 atom stereocenters. The molecular formula is C23H23F3N4O2. The van der Waals surface area contributed by atoms with Gasteiger partial charge in [-0.05, 0) is 42.3 Å². The Balaban J connectivity index is 1.86. The van der Waals surface area contributed by atoms with E-state index in [1.165, 1.54) is 18.7 Å². The van der Waals surface area contributed by atoms with Crippen molar-refractivity contribution in [3.63, 3.8) is 0 Å². The molecule has 0 aliphatic rings. The first-order valence-corrected chi connectivity index (χ1v) is 9.77. The number of hydrogen-bond acceptors (Lipinski definition) is 4. The van der Waals surface area contributed by atoms with E-state index in [0.717, 1.165) is 5.69 Å². The zero-order valence-electron chi connectivity index (χ0n) is 17.9. The number of nitrogens with one attached hydrogen (secondary N) is 3. The second-order valence-electron chi connectivity index (χ2n) is 6.87. The Morgan fingerprint density at radius 2 is 1.91 bits per heavy atom. The number of carbonyl (C=O) groups excluding carboxylic acids is 1. The van der Waals surface area contributed by atoms with Crippen molar-refractivity contribution in [1.29, 1.82) is 0 Å². The molecule has 168 valence electrons. The molecule has 32 heavy (non-hydrogen) atoms. The second kappa shape index (κ2) is 9.56. The van der Waals surface area contributed by atoms with Gasteiger partial charge < -0.3 is 25.3 Å². The Kier molecular flexibility index (Phi) is 6.83. The number of alkyl halides is 3. The fourth-order valence-corrected chi connectivity index (χ4v) is 3.35. The van der Waals surface area contributed by atoms with E-state index in [0.29, 0.717) is 27.9 Å². The van der Waals surface area contributed by atoms with Crippen LogP contribution in [0.2, 0.25) is 0 Å². The topological polar surface area (TPSA) is 67.3 Å². The van der Waals surface area contributed by atoms with Crippen LogP contribution in [-0.2, 0) is 6.54 Å². The molecule has 0 spiro atoms. The number of benzene rings is 2. The summed E-state index contributed by atoms with van der Waals surface area (Å²) in [6.07, 6.45) is -4.38. The molecule has 0 radical (unpaired) electrons. The van der Waals surface area contributed by atoms with Crippen LogP contribution in [0.25, 0.3) is 10.9 Å². The summed E-state index contributed by atoms with van der Waals surface area (Å²) in [6.45, 7) is -0.960. The van der Waals surface area contributed by atoms with Gasteiger partial charge in [0.15, 0.2) is 0 Å². The molecular weight excluding hydrogens is 421 g/mol. The minimum absolute atomic E-state index is 0.169. The van der Waals surface area contributed by atoms with Crippen LogP contribution in [0.4, 0.5) is 24.5 Å². The largest absolute Gasteiger partial charge is 0.495 e. The van der Waals surface area contributed by atoms with Gasteiger partial charge in [-0.15, -0.1) is 0 Å². The van der Waals surface area contributed by atoms with E-state index in [4.69, 9.17) is 4.74 Å². The highest BCUT2D eigenvalue weighted by Crippen LogP contribution is 2.30. The van der Waals surface area contributed by atoms with Crippen molar-refractivity contribution < 1.29 is 22.7 Å². The smallest absolute Gasteiger partial charge is 0.406 e. The summed E-state index contributed by atoms with van der Waals surface area (Å²) in [5.41, 5.74) is 2.51. The van der Waals surface area contributed by atoms with Crippen molar-refractivity contribution in [1.82, 2.24) is 9.88 Å². The van der Waals surface area contributed by atoms with Gasteiger partial charge in [-0.25, -0.2) is 0 Å². The number of aromatic nitrogens is 1. The van der Waals surface area contributed by atoms with Crippen LogP contribution in [-0.4, -0.2) is 44.4 Å². The molecule has 3 rings (SSSR count). The van der Waals surface area contributed by atoms with Gasteiger partial charge in [0.25, 0.3) is 5.91 Å². The number of amides is 1. The molecule has 0 unspecified atom stereocenters. The van der Waals surface area contributed by atoms with Crippen molar-refractivity contribution in [2.75, 3.05) is 38.4 Å². The number of fused-ring (bicyclic) bond motifs is 1. The number of ether oxygens (including phenoxy) is 1. The van der Waals surface area contributed by atoms with Gasteiger partial charge in [0.05, 0.1) is 30.6 Å². The number of carbonyl (C=O) groups is 1. The molecule has 3 N–H and O–H groups in total. The van der Waals surface area contributed by atoms with Gasteiger partial charge >= 0.3 is 6.18 Å². The van der Waals surface area contributed by atoms with Gasteiger partial charge in [-0.3, -0.25) is 4.79 Å². The van der Waals surface area contributed by atoms with Crippen LogP contribution in [0.15, 0.2) is 42.5 Å². The Labute approximate surface area is 183 Å². The van der Waals surface area contributed by atoms with Crippen LogP contribution < -0.4 is 20.7 Å². The Morgan fingerprint density at radius 1 is 1.12 bits per heavy atom. The fraction of sp³-hybridized carbons (Fsp3) is 0.261. The van der Waals surface area contributed by atoms with E-state index in [1.807, 2.05) is 0 Å². The average Bonchev–Trinajstić information content (AvgIpc) is 3.12. The first-order chi connectivity index (χ1) is 15.3. The number of methoxy groups -OCH3 is 1. The molecule has 3 aromatic rings. The van der Waals surface area contributed by atoms with Crippen LogP contribution in [0.1, 0.15) is 16.1 Å². The van der Waals surface area contributed by atoms with Crippen LogP contribution >= 0.6 is 0 Å². The van der Waals surface area contributed by atoms with E-state index < -0.39 is 12.7 Å². The second-order valence-corrected chi connectivity index (χ2v) is 6.87. The highest BCUT2D eigenvalue weighted by molar-refractivity contribution is 5.95. The van der Waals surface area contributed by atoms with E-state index in [-0.39, 0.29) is 18.1 Å². The highest BCUT2D eigenvalue weighted by Gasteiger charge is 2.29. The van der Waals surface area contributed by atoms with Gasteiger partial charge in [-0.1, -0.05) is 12.0 Å². The van der Waals surface area contributed by atoms with Crippen molar-refractivity contribution in [3.05, 3.63) is 53.7 Å². The molecule has 2 aromatic carbocycles. The lowest BCUT2D eigenvalue weighted by Crippen LogP contribution is -2.18. The minimum atomic E-state index is -4.38. The number of anilines is 2. The van der Waals surface area contributed by atoms with E-state index in [9.17, 15) is 18.0 Å². The van der Waals surface area contributed by atoms with Crippen LogP contribution in [0.5, 0.6) is 5.75 Å². The third-order valence-corrected chi connectivity index (χ3v) is 4.83. The summed E-state index contributed by atoms with van der Waals surface area (Å²) < 4.78 is 46.0. The lowest BCUT2D eigenvalue weighted by molar-refractivity contribution is -0.140. The fourth-order valence-electron chi connectivity index (χ4n) is 3.35. The van der Waals surface area contributed by atoms with Gasteiger partial charge in [0.1, 0.15) is 12.3 Å². The lowest BCUT2D eigenvalue weighted by atomic mass is 10.1. The highest BCUT2D eigenvalue weighted by atomic mass is 19.4. The predicted molar refractivity (Wildman–Crippen MR) is 119 cm³/mol. The van der Waals surface area contributed by atoms with Gasteiger partial charge in [-0.2, -0.15) is 13.2 Å².